The number of aliphatic carboxylic acids is 1. The van der Waals surface area contributed by atoms with Crippen LogP contribution < -0.4 is 5.73 Å². The number of ketones is 1. The largest absolute Gasteiger partial charge is 0.481 e. The van der Waals surface area contributed by atoms with Crippen molar-refractivity contribution in [2.45, 2.75) is 92.9 Å². The molecule has 0 bridgehead atoms. The van der Waals surface area contributed by atoms with Crippen molar-refractivity contribution in [3.05, 3.63) is 0 Å². The number of carboxylic acid groups (broad SMARTS) is 1. The predicted octanol–water partition coefficient (Wildman–Crippen LogP) is 5.31. The Bertz CT molecular complexity index is 387. The average Bonchev–Trinajstić information content (AvgIpc) is 2.65. The van der Waals surface area contributed by atoms with E-state index in [2.05, 4.69) is 27.7 Å². The van der Waals surface area contributed by atoms with Gasteiger partial charge in [0.05, 0.1) is 5.92 Å². The number of carbonyl (C=O) groups is 2. The first kappa shape index (κ1) is 29.3. The van der Waals surface area contributed by atoms with Crippen molar-refractivity contribution in [2.24, 2.45) is 29.4 Å². The van der Waals surface area contributed by atoms with E-state index in [1.54, 1.807) is 6.92 Å². The van der Waals surface area contributed by atoms with Gasteiger partial charge in [0, 0.05) is 19.6 Å². The van der Waals surface area contributed by atoms with E-state index in [1.165, 1.54) is 39.0 Å². The minimum absolute atomic E-state index is 0.0609. The lowest BCUT2D eigenvalue weighted by Gasteiger charge is -2.17. The van der Waals surface area contributed by atoms with E-state index in [1.807, 2.05) is 0 Å². The third-order valence-corrected chi connectivity index (χ3v) is 5.27. The summed E-state index contributed by atoms with van der Waals surface area (Å²) < 4.78 is 5.60. The van der Waals surface area contributed by atoms with E-state index in [0.717, 1.165) is 38.0 Å². The van der Waals surface area contributed by atoms with Crippen molar-refractivity contribution >= 4 is 11.8 Å². The van der Waals surface area contributed by atoms with Crippen LogP contribution >= 0.6 is 0 Å². The smallest absolute Gasteiger partial charge is 0.306 e. The highest BCUT2D eigenvalue weighted by atomic mass is 16.5. The van der Waals surface area contributed by atoms with Gasteiger partial charge in [0.2, 0.25) is 0 Å². The summed E-state index contributed by atoms with van der Waals surface area (Å²) >= 11 is 0. The van der Waals surface area contributed by atoms with E-state index < -0.39 is 11.9 Å². The fraction of sp³-hybridized carbons (Fsp3) is 0.913. The zero-order valence-corrected chi connectivity index (χ0v) is 19.3. The number of carbonyl (C=O) groups excluding carboxylic acids is 1. The molecule has 0 aliphatic carbocycles. The maximum atomic E-state index is 10.5. The number of hydrogen-bond acceptors (Lipinski definition) is 4. The van der Waals surface area contributed by atoms with Crippen LogP contribution in [0.15, 0.2) is 0 Å². The zero-order valence-electron chi connectivity index (χ0n) is 19.3. The van der Waals surface area contributed by atoms with Gasteiger partial charge in [-0.2, -0.15) is 0 Å². The first-order chi connectivity index (χ1) is 13.2. The van der Waals surface area contributed by atoms with Crippen molar-refractivity contribution in [3.8, 4) is 0 Å². The van der Waals surface area contributed by atoms with Crippen LogP contribution in [0, 0.1) is 23.7 Å². The van der Waals surface area contributed by atoms with Gasteiger partial charge in [-0.05, 0) is 50.5 Å². The van der Waals surface area contributed by atoms with Gasteiger partial charge < -0.3 is 20.4 Å². The molecule has 0 aromatic carbocycles. The molecule has 0 aromatic heterocycles. The van der Waals surface area contributed by atoms with Gasteiger partial charge in [-0.1, -0.05) is 60.3 Å². The molecule has 0 aliphatic rings. The van der Waals surface area contributed by atoms with Crippen LogP contribution in [0.2, 0.25) is 0 Å². The maximum Gasteiger partial charge on any atom is 0.306 e. The number of nitrogens with two attached hydrogens (primary N) is 1. The third kappa shape index (κ3) is 19.8. The Kier molecular flexibility index (Phi) is 20.3. The fourth-order valence-electron chi connectivity index (χ4n) is 2.79. The Morgan fingerprint density at radius 1 is 0.929 bits per heavy atom. The zero-order chi connectivity index (χ0) is 21.9. The number of ether oxygens (including phenoxy) is 1. The highest BCUT2D eigenvalue weighted by molar-refractivity contribution is 5.81. The summed E-state index contributed by atoms with van der Waals surface area (Å²) in [4.78, 5) is 20.8. The molecule has 3 N–H and O–H groups in total. The second-order valence-corrected chi connectivity index (χ2v) is 8.45. The summed E-state index contributed by atoms with van der Waals surface area (Å²) in [5.41, 5.74) is 5.43. The van der Waals surface area contributed by atoms with Gasteiger partial charge in [0.1, 0.15) is 5.78 Å². The number of hydrogen-bond donors (Lipinski definition) is 2. The lowest BCUT2D eigenvalue weighted by Crippen LogP contribution is -2.15. The van der Waals surface area contributed by atoms with Gasteiger partial charge in [-0.25, -0.2) is 0 Å². The highest BCUT2D eigenvalue weighted by Crippen LogP contribution is 2.20. The summed E-state index contributed by atoms with van der Waals surface area (Å²) in [6.45, 7) is 15.0. The molecule has 5 nitrogen and oxygen atoms in total. The lowest BCUT2D eigenvalue weighted by atomic mass is 9.91. The lowest BCUT2D eigenvalue weighted by molar-refractivity contribution is -0.143. The molecule has 0 saturated carbocycles. The molecule has 0 rings (SSSR count). The predicted molar refractivity (Wildman–Crippen MR) is 117 cm³/mol. The minimum Gasteiger partial charge on any atom is -0.481 e. The van der Waals surface area contributed by atoms with Crippen LogP contribution in [-0.2, 0) is 14.3 Å². The molecule has 4 unspecified atom stereocenters. The molecule has 0 fully saturated rings. The molecule has 5 heteroatoms. The molecule has 0 heterocycles. The Labute approximate surface area is 173 Å². The second-order valence-electron chi connectivity index (χ2n) is 8.45. The van der Waals surface area contributed by atoms with Crippen LogP contribution in [0.4, 0.5) is 0 Å². The Morgan fingerprint density at radius 2 is 1.46 bits per heavy atom. The Morgan fingerprint density at radius 3 is 1.86 bits per heavy atom. The quantitative estimate of drug-likeness (QED) is 0.342. The standard InChI is InChI=1S/C16H35NO.C7H12O3/c1-5-14(2)7-8-15(3)9-10-16(4)13-18-12-6-11-17;1-3-6(7(9)10)4-5(2)8/h14-16H,5-13,17H2,1-4H3;6H,3-4H2,1-2H3,(H,9,10). The van der Waals surface area contributed by atoms with E-state index in [0.29, 0.717) is 12.3 Å². The molecule has 4 atom stereocenters. The van der Waals surface area contributed by atoms with Crippen molar-refractivity contribution in [2.75, 3.05) is 19.8 Å². The molecule has 0 radical (unpaired) electrons. The number of carboxylic acids is 1. The summed E-state index contributed by atoms with van der Waals surface area (Å²) in [5, 5.41) is 8.47. The van der Waals surface area contributed by atoms with Gasteiger partial charge in [0.25, 0.3) is 0 Å². The van der Waals surface area contributed by atoms with Crippen LogP contribution in [0.25, 0.3) is 0 Å². The van der Waals surface area contributed by atoms with E-state index in [4.69, 9.17) is 15.6 Å². The van der Waals surface area contributed by atoms with Crippen molar-refractivity contribution in [1.82, 2.24) is 0 Å². The molecule has 0 aliphatic heterocycles. The van der Waals surface area contributed by atoms with Crippen LogP contribution in [0.3, 0.4) is 0 Å². The Hall–Kier alpha value is -0.940. The summed E-state index contributed by atoms with van der Waals surface area (Å²) in [7, 11) is 0. The van der Waals surface area contributed by atoms with Crippen LogP contribution in [-0.4, -0.2) is 36.6 Å². The number of Topliss-reactive ketones (excluding diaryl/α,β-unsaturated/α-hetero) is 1. The van der Waals surface area contributed by atoms with Gasteiger partial charge in [-0.15, -0.1) is 0 Å². The molecular weight excluding hydrogens is 354 g/mol. The summed E-state index contributed by atoms with van der Waals surface area (Å²) in [6.07, 6.45) is 8.40. The molecule has 168 valence electrons. The normalized spacial score (nSPS) is 15.1. The van der Waals surface area contributed by atoms with E-state index in [9.17, 15) is 9.59 Å². The first-order valence-corrected chi connectivity index (χ1v) is 11.2. The van der Waals surface area contributed by atoms with Crippen LogP contribution in [0.5, 0.6) is 0 Å². The van der Waals surface area contributed by atoms with Gasteiger partial charge in [-0.3, -0.25) is 4.79 Å². The van der Waals surface area contributed by atoms with Crippen molar-refractivity contribution in [3.63, 3.8) is 0 Å². The Balaban J connectivity index is 0. The third-order valence-electron chi connectivity index (χ3n) is 5.27. The minimum atomic E-state index is -0.877. The van der Waals surface area contributed by atoms with Gasteiger partial charge in [0.15, 0.2) is 0 Å². The molecular formula is C23H47NO4. The summed E-state index contributed by atoms with van der Waals surface area (Å²) in [5.74, 6) is 1.02. The SMILES string of the molecule is CCC(C)CCC(C)CCC(C)COCCCN.CCC(CC(C)=O)C(=O)O. The van der Waals surface area contributed by atoms with Gasteiger partial charge >= 0.3 is 5.97 Å². The van der Waals surface area contributed by atoms with E-state index in [-0.39, 0.29) is 12.2 Å². The highest BCUT2D eigenvalue weighted by Gasteiger charge is 2.16. The molecule has 0 amide bonds. The van der Waals surface area contributed by atoms with E-state index >= 15 is 0 Å². The summed E-state index contributed by atoms with van der Waals surface area (Å²) in [6, 6.07) is 0. The molecule has 0 saturated heterocycles. The first-order valence-electron chi connectivity index (χ1n) is 11.2. The van der Waals surface area contributed by atoms with Crippen molar-refractivity contribution < 1.29 is 19.4 Å². The molecule has 0 spiro atoms. The van der Waals surface area contributed by atoms with Crippen LogP contribution in [0.1, 0.15) is 92.9 Å². The van der Waals surface area contributed by atoms with Crippen molar-refractivity contribution in [1.29, 1.82) is 0 Å². The maximum absolute atomic E-state index is 10.5. The second kappa shape index (κ2) is 19.4. The molecule has 28 heavy (non-hydrogen) atoms. The number of rotatable bonds is 16. The monoisotopic (exact) mass is 401 g/mol. The topological polar surface area (TPSA) is 89.6 Å². The molecule has 0 aromatic rings. The fourth-order valence-corrected chi connectivity index (χ4v) is 2.79. The average molecular weight is 402 g/mol.